The summed E-state index contributed by atoms with van der Waals surface area (Å²) in [6.45, 7) is 3.26. The molecule has 1 heterocycles. The van der Waals surface area contributed by atoms with Crippen molar-refractivity contribution in [1.29, 1.82) is 0 Å². The van der Waals surface area contributed by atoms with Crippen LogP contribution in [0.5, 0.6) is 0 Å². The van der Waals surface area contributed by atoms with Crippen LogP contribution in [-0.4, -0.2) is 52.9 Å². The Kier molecular flexibility index (Phi) is 5.94. The van der Waals surface area contributed by atoms with Gasteiger partial charge in [0.1, 0.15) is 0 Å². The van der Waals surface area contributed by atoms with Crippen LogP contribution in [0.1, 0.15) is 19.8 Å². The molecule has 1 aromatic rings. The molecule has 0 spiro atoms. The SMILES string of the molecule is CC1CN(S(=O)(=O)c2cccc(S(=O)(=O)NC3CC3)c2)CCN1.Cl. The van der Waals surface area contributed by atoms with Gasteiger partial charge in [-0.25, -0.2) is 21.6 Å². The zero-order valence-electron chi connectivity index (χ0n) is 13.3. The molecular weight excluding hydrogens is 374 g/mol. The van der Waals surface area contributed by atoms with Crippen molar-refractivity contribution in [2.24, 2.45) is 0 Å². The second-order valence-corrected chi connectivity index (χ2v) is 9.74. The molecule has 2 fully saturated rings. The second kappa shape index (κ2) is 7.27. The van der Waals surface area contributed by atoms with Gasteiger partial charge < -0.3 is 5.32 Å². The van der Waals surface area contributed by atoms with Crippen LogP contribution in [0.25, 0.3) is 0 Å². The van der Waals surface area contributed by atoms with Crippen molar-refractivity contribution >= 4 is 32.5 Å². The molecule has 0 aromatic heterocycles. The predicted molar refractivity (Wildman–Crippen MR) is 93.3 cm³/mol. The van der Waals surface area contributed by atoms with Gasteiger partial charge in [0.2, 0.25) is 20.0 Å². The van der Waals surface area contributed by atoms with E-state index >= 15 is 0 Å². The van der Waals surface area contributed by atoms with Crippen molar-refractivity contribution in [1.82, 2.24) is 14.3 Å². The Labute approximate surface area is 149 Å². The number of piperazine rings is 1. The summed E-state index contributed by atoms with van der Waals surface area (Å²) in [6, 6.07) is 5.63. The summed E-state index contributed by atoms with van der Waals surface area (Å²) in [5.74, 6) is 0. The van der Waals surface area contributed by atoms with Gasteiger partial charge in [0.05, 0.1) is 9.79 Å². The van der Waals surface area contributed by atoms with Gasteiger partial charge in [0.15, 0.2) is 0 Å². The van der Waals surface area contributed by atoms with Gasteiger partial charge in [0.25, 0.3) is 0 Å². The van der Waals surface area contributed by atoms with E-state index in [9.17, 15) is 16.8 Å². The van der Waals surface area contributed by atoms with E-state index in [1.165, 1.54) is 28.6 Å². The summed E-state index contributed by atoms with van der Waals surface area (Å²) in [4.78, 5) is 0.0129. The third-order valence-corrected chi connectivity index (χ3v) is 7.36. The van der Waals surface area contributed by atoms with Crippen LogP contribution in [0.2, 0.25) is 0 Å². The molecule has 10 heteroatoms. The second-order valence-electron chi connectivity index (χ2n) is 6.09. The summed E-state index contributed by atoms with van der Waals surface area (Å²) in [5, 5.41) is 3.19. The van der Waals surface area contributed by atoms with Gasteiger partial charge >= 0.3 is 0 Å². The van der Waals surface area contributed by atoms with E-state index in [0.29, 0.717) is 19.6 Å². The molecule has 24 heavy (non-hydrogen) atoms. The van der Waals surface area contributed by atoms with Crippen molar-refractivity contribution in [3.63, 3.8) is 0 Å². The molecular formula is C14H22ClN3O4S2. The number of rotatable bonds is 5. The zero-order chi connectivity index (χ0) is 16.7. The number of halogens is 1. The van der Waals surface area contributed by atoms with Crippen molar-refractivity contribution < 1.29 is 16.8 Å². The highest BCUT2D eigenvalue weighted by molar-refractivity contribution is 7.90. The summed E-state index contributed by atoms with van der Waals surface area (Å²) in [5.41, 5.74) is 0. The van der Waals surface area contributed by atoms with Crippen molar-refractivity contribution in [3.8, 4) is 0 Å². The Morgan fingerprint density at radius 1 is 1.17 bits per heavy atom. The van der Waals surface area contributed by atoms with Gasteiger partial charge in [-0.05, 0) is 38.0 Å². The van der Waals surface area contributed by atoms with E-state index in [1.807, 2.05) is 6.92 Å². The number of benzene rings is 1. The molecule has 2 aliphatic rings. The van der Waals surface area contributed by atoms with E-state index in [2.05, 4.69) is 10.0 Å². The van der Waals surface area contributed by atoms with E-state index in [1.54, 1.807) is 0 Å². The molecule has 1 unspecified atom stereocenters. The summed E-state index contributed by atoms with van der Waals surface area (Å²) < 4.78 is 53.9. The molecule has 1 aliphatic carbocycles. The lowest BCUT2D eigenvalue weighted by Crippen LogP contribution is -2.51. The molecule has 0 radical (unpaired) electrons. The Morgan fingerprint density at radius 2 is 1.83 bits per heavy atom. The molecule has 1 saturated carbocycles. The van der Waals surface area contributed by atoms with Crippen LogP contribution in [-0.2, 0) is 20.0 Å². The third-order valence-electron chi connectivity index (χ3n) is 3.98. The molecule has 0 amide bonds. The van der Waals surface area contributed by atoms with Gasteiger partial charge in [-0.3, -0.25) is 0 Å². The van der Waals surface area contributed by atoms with Crippen LogP contribution in [0.15, 0.2) is 34.1 Å². The molecule has 1 aliphatic heterocycles. The molecule has 1 saturated heterocycles. The maximum atomic E-state index is 12.7. The fraction of sp³-hybridized carbons (Fsp3) is 0.571. The van der Waals surface area contributed by atoms with Crippen LogP contribution >= 0.6 is 12.4 Å². The standard InChI is InChI=1S/C14H21N3O4S2.ClH/c1-11-10-17(8-7-15-11)23(20,21)14-4-2-3-13(9-14)22(18,19)16-12-5-6-12;/h2-4,9,11-12,15-16H,5-8,10H2,1H3;1H. The first kappa shape index (κ1) is 19.6. The first-order valence-corrected chi connectivity index (χ1v) is 10.6. The summed E-state index contributed by atoms with van der Waals surface area (Å²) in [6.07, 6.45) is 1.66. The van der Waals surface area contributed by atoms with Crippen molar-refractivity contribution in [2.45, 2.75) is 41.6 Å². The first-order valence-electron chi connectivity index (χ1n) is 7.65. The Bertz CT molecular complexity index is 794. The average molecular weight is 396 g/mol. The number of nitrogens with one attached hydrogen (secondary N) is 2. The maximum absolute atomic E-state index is 12.7. The largest absolute Gasteiger partial charge is 0.312 e. The highest BCUT2D eigenvalue weighted by Gasteiger charge is 2.31. The lowest BCUT2D eigenvalue weighted by atomic mass is 10.3. The highest BCUT2D eigenvalue weighted by Crippen LogP contribution is 2.24. The minimum absolute atomic E-state index is 0. The van der Waals surface area contributed by atoms with E-state index in [4.69, 9.17) is 0 Å². The molecule has 7 nitrogen and oxygen atoms in total. The number of hydrogen-bond acceptors (Lipinski definition) is 5. The molecule has 0 bridgehead atoms. The topological polar surface area (TPSA) is 95.6 Å². The van der Waals surface area contributed by atoms with Gasteiger partial charge in [-0.2, -0.15) is 4.31 Å². The fourth-order valence-corrected chi connectivity index (χ4v) is 5.56. The van der Waals surface area contributed by atoms with Gasteiger partial charge in [-0.1, -0.05) is 6.07 Å². The molecule has 1 aromatic carbocycles. The van der Waals surface area contributed by atoms with E-state index in [-0.39, 0.29) is 34.3 Å². The number of sulfonamides is 2. The normalized spacial score (nSPS) is 22.8. The molecule has 136 valence electrons. The van der Waals surface area contributed by atoms with Crippen LogP contribution in [0, 0.1) is 0 Å². The minimum atomic E-state index is -3.69. The molecule has 2 N–H and O–H groups in total. The van der Waals surface area contributed by atoms with Gasteiger partial charge in [0, 0.05) is 31.7 Å². The predicted octanol–water partition coefficient (Wildman–Crippen LogP) is 0.532. The monoisotopic (exact) mass is 395 g/mol. The van der Waals surface area contributed by atoms with Crippen LogP contribution in [0.4, 0.5) is 0 Å². The average Bonchev–Trinajstić information content (AvgIpc) is 3.31. The Hall–Kier alpha value is -0.710. The molecule has 1 atom stereocenters. The smallest absolute Gasteiger partial charge is 0.243 e. The lowest BCUT2D eigenvalue weighted by Gasteiger charge is -2.31. The van der Waals surface area contributed by atoms with E-state index in [0.717, 1.165) is 12.8 Å². The summed E-state index contributed by atoms with van der Waals surface area (Å²) >= 11 is 0. The quantitative estimate of drug-likeness (QED) is 0.758. The lowest BCUT2D eigenvalue weighted by molar-refractivity contribution is 0.310. The first-order chi connectivity index (χ1) is 10.8. The maximum Gasteiger partial charge on any atom is 0.243 e. The van der Waals surface area contributed by atoms with Gasteiger partial charge in [-0.15, -0.1) is 12.4 Å². The third kappa shape index (κ3) is 4.27. The van der Waals surface area contributed by atoms with Crippen LogP contribution in [0.3, 0.4) is 0 Å². The highest BCUT2D eigenvalue weighted by atomic mass is 35.5. The van der Waals surface area contributed by atoms with Crippen LogP contribution < -0.4 is 10.0 Å². The zero-order valence-corrected chi connectivity index (χ0v) is 15.8. The number of hydrogen-bond donors (Lipinski definition) is 2. The summed E-state index contributed by atoms with van der Waals surface area (Å²) in [7, 11) is -7.36. The van der Waals surface area contributed by atoms with Crippen molar-refractivity contribution in [2.75, 3.05) is 19.6 Å². The number of nitrogens with zero attached hydrogens (tertiary/aromatic N) is 1. The molecule has 3 rings (SSSR count). The van der Waals surface area contributed by atoms with Crippen molar-refractivity contribution in [3.05, 3.63) is 24.3 Å². The minimum Gasteiger partial charge on any atom is -0.312 e. The fourth-order valence-electron chi connectivity index (χ4n) is 2.55. The Balaban J connectivity index is 0.00000208. The Morgan fingerprint density at radius 3 is 2.46 bits per heavy atom. The van der Waals surface area contributed by atoms with E-state index < -0.39 is 20.0 Å².